The number of nitrogens with zero attached hydrogens (tertiary/aromatic N) is 2. The highest BCUT2D eigenvalue weighted by atomic mass is 16.6. The van der Waals surface area contributed by atoms with Crippen molar-refractivity contribution >= 4 is 18.1 Å². The van der Waals surface area contributed by atoms with Crippen molar-refractivity contribution in [2.75, 3.05) is 0 Å². The molecular formula is C19H28N2O5. The number of hydrogen-bond donors (Lipinski definition) is 0. The van der Waals surface area contributed by atoms with Crippen LogP contribution in [-0.2, 0) is 20.8 Å². The lowest BCUT2D eigenvalue weighted by molar-refractivity contribution is -0.145. The van der Waals surface area contributed by atoms with Crippen LogP contribution in [0.5, 0.6) is 0 Å². The Morgan fingerprint density at radius 1 is 0.846 bits per heavy atom. The summed E-state index contributed by atoms with van der Waals surface area (Å²) in [6.45, 7) is 11.3. The Morgan fingerprint density at radius 3 is 1.62 bits per heavy atom. The zero-order valence-electron chi connectivity index (χ0n) is 16.5. The molecule has 3 amide bonds. The molecule has 0 aliphatic rings. The second kappa shape index (κ2) is 8.21. The van der Waals surface area contributed by atoms with Gasteiger partial charge in [0.1, 0.15) is 11.2 Å². The lowest BCUT2D eigenvalue weighted by Crippen LogP contribution is -2.54. The van der Waals surface area contributed by atoms with Crippen molar-refractivity contribution < 1.29 is 23.9 Å². The van der Waals surface area contributed by atoms with E-state index in [0.29, 0.717) is 5.01 Å². The summed E-state index contributed by atoms with van der Waals surface area (Å²) in [7, 11) is 0. The largest absolute Gasteiger partial charge is 0.442 e. The average molecular weight is 364 g/mol. The Morgan fingerprint density at radius 2 is 1.27 bits per heavy atom. The third-order valence-electron chi connectivity index (χ3n) is 2.91. The zero-order chi connectivity index (χ0) is 20.1. The van der Waals surface area contributed by atoms with Crippen molar-refractivity contribution in [1.82, 2.24) is 10.0 Å². The third-order valence-corrected chi connectivity index (χ3v) is 2.91. The van der Waals surface area contributed by atoms with Gasteiger partial charge in [0.25, 0.3) is 0 Å². The predicted octanol–water partition coefficient (Wildman–Crippen LogP) is 4.12. The van der Waals surface area contributed by atoms with E-state index in [1.54, 1.807) is 65.8 Å². The van der Waals surface area contributed by atoms with Gasteiger partial charge in [-0.2, -0.15) is 0 Å². The van der Waals surface area contributed by atoms with Gasteiger partial charge in [0.05, 0.1) is 6.54 Å². The van der Waals surface area contributed by atoms with Gasteiger partial charge < -0.3 is 9.47 Å². The number of imide groups is 1. The Balaban J connectivity index is 3.22. The molecular weight excluding hydrogens is 336 g/mol. The number of ether oxygens (including phenoxy) is 2. The van der Waals surface area contributed by atoms with Gasteiger partial charge in [0.15, 0.2) is 0 Å². The molecule has 0 spiro atoms. The highest BCUT2D eigenvalue weighted by Crippen LogP contribution is 2.18. The Kier molecular flexibility index (Phi) is 6.78. The second-order valence-corrected chi connectivity index (χ2v) is 7.83. The highest BCUT2D eigenvalue weighted by Gasteiger charge is 2.37. The maximum Gasteiger partial charge on any atom is 0.439 e. The molecule has 1 rings (SSSR count). The van der Waals surface area contributed by atoms with E-state index in [2.05, 4.69) is 0 Å². The standard InChI is InChI=1S/C19H28N2O5/c1-14(22)20(13-15-11-9-8-10-12-15)21(16(23)25-18(2,3)4)17(24)26-19(5,6)7/h8-12H,13H2,1-7H3. The molecule has 144 valence electrons. The first kappa shape index (κ1) is 21.5. The summed E-state index contributed by atoms with van der Waals surface area (Å²) in [6, 6.07) is 9.02. The molecule has 7 heteroatoms. The van der Waals surface area contributed by atoms with E-state index in [0.717, 1.165) is 10.6 Å². The van der Waals surface area contributed by atoms with Gasteiger partial charge in [-0.25, -0.2) is 14.6 Å². The van der Waals surface area contributed by atoms with Crippen molar-refractivity contribution in [2.45, 2.75) is 66.2 Å². The van der Waals surface area contributed by atoms with Crippen LogP contribution in [0.1, 0.15) is 54.0 Å². The van der Waals surface area contributed by atoms with Crippen LogP contribution in [0, 0.1) is 0 Å². The van der Waals surface area contributed by atoms with Crippen molar-refractivity contribution in [1.29, 1.82) is 0 Å². The maximum atomic E-state index is 12.6. The summed E-state index contributed by atoms with van der Waals surface area (Å²) < 4.78 is 10.6. The van der Waals surface area contributed by atoms with Crippen LogP contribution in [0.25, 0.3) is 0 Å². The summed E-state index contributed by atoms with van der Waals surface area (Å²) in [4.78, 5) is 37.5. The van der Waals surface area contributed by atoms with E-state index in [-0.39, 0.29) is 6.54 Å². The van der Waals surface area contributed by atoms with Crippen LogP contribution in [0.3, 0.4) is 0 Å². The number of benzene rings is 1. The van der Waals surface area contributed by atoms with Crippen LogP contribution in [-0.4, -0.2) is 39.3 Å². The number of hydrazine groups is 1. The minimum absolute atomic E-state index is 0.0225. The molecule has 0 fully saturated rings. The van der Waals surface area contributed by atoms with Gasteiger partial charge in [0, 0.05) is 6.92 Å². The minimum Gasteiger partial charge on any atom is -0.442 e. The molecule has 0 radical (unpaired) electrons. The number of carbonyl (C=O) groups excluding carboxylic acids is 3. The molecule has 26 heavy (non-hydrogen) atoms. The highest BCUT2D eigenvalue weighted by molar-refractivity contribution is 5.91. The van der Waals surface area contributed by atoms with Crippen LogP contribution >= 0.6 is 0 Å². The Bertz CT molecular complexity index is 616. The molecule has 0 saturated carbocycles. The fourth-order valence-electron chi connectivity index (χ4n) is 1.96. The van der Waals surface area contributed by atoms with Crippen LogP contribution in [0.4, 0.5) is 9.59 Å². The van der Waals surface area contributed by atoms with Crippen LogP contribution in [0.2, 0.25) is 0 Å². The predicted molar refractivity (Wildman–Crippen MR) is 97.0 cm³/mol. The molecule has 0 saturated heterocycles. The number of hydrogen-bond acceptors (Lipinski definition) is 5. The second-order valence-electron chi connectivity index (χ2n) is 7.83. The number of carbonyl (C=O) groups is 3. The normalized spacial score (nSPS) is 11.5. The van der Waals surface area contributed by atoms with Crippen molar-refractivity contribution in [2.24, 2.45) is 0 Å². The maximum absolute atomic E-state index is 12.6. The summed E-state index contributed by atoms with van der Waals surface area (Å²) in [5.74, 6) is -0.495. The fraction of sp³-hybridized carbons (Fsp3) is 0.526. The quantitative estimate of drug-likeness (QED) is 0.738. The molecule has 0 aliphatic carbocycles. The lowest BCUT2D eigenvalue weighted by Gasteiger charge is -2.34. The van der Waals surface area contributed by atoms with Gasteiger partial charge in [-0.15, -0.1) is 5.01 Å². The Labute approximate surface area is 154 Å². The summed E-state index contributed by atoms with van der Waals surface area (Å²) in [5, 5.41) is 1.63. The summed E-state index contributed by atoms with van der Waals surface area (Å²) in [6.07, 6.45) is -1.95. The molecule has 0 bridgehead atoms. The molecule has 0 aliphatic heterocycles. The van der Waals surface area contributed by atoms with E-state index >= 15 is 0 Å². The van der Waals surface area contributed by atoms with Gasteiger partial charge in [0.2, 0.25) is 5.91 Å². The third kappa shape index (κ3) is 7.13. The molecule has 7 nitrogen and oxygen atoms in total. The number of rotatable bonds is 2. The monoisotopic (exact) mass is 364 g/mol. The van der Waals surface area contributed by atoms with Crippen LogP contribution in [0.15, 0.2) is 30.3 Å². The topological polar surface area (TPSA) is 76.2 Å². The van der Waals surface area contributed by atoms with Crippen molar-refractivity contribution in [3.8, 4) is 0 Å². The first-order chi connectivity index (χ1) is 11.8. The fourth-order valence-corrected chi connectivity index (χ4v) is 1.96. The molecule has 0 atom stereocenters. The van der Waals surface area contributed by atoms with Crippen molar-refractivity contribution in [3.05, 3.63) is 35.9 Å². The van der Waals surface area contributed by atoms with Crippen LogP contribution < -0.4 is 0 Å². The van der Waals surface area contributed by atoms with Gasteiger partial charge in [-0.1, -0.05) is 30.3 Å². The smallest absolute Gasteiger partial charge is 0.439 e. The van der Waals surface area contributed by atoms with E-state index in [1.807, 2.05) is 6.07 Å². The minimum atomic E-state index is -0.974. The van der Waals surface area contributed by atoms with Gasteiger partial charge >= 0.3 is 12.2 Å². The SMILES string of the molecule is CC(=O)N(Cc1ccccc1)N(C(=O)OC(C)(C)C)C(=O)OC(C)(C)C. The van der Waals surface area contributed by atoms with Gasteiger partial charge in [-0.3, -0.25) is 4.79 Å². The average Bonchev–Trinajstić information content (AvgIpc) is 2.43. The summed E-state index contributed by atoms with van der Waals surface area (Å²) >= 11 is 0. The first-order valence-electron chi connectivity index (χ1n) is 8.38. The van der Waals surface area contributed by atoms with Crippen molar-refractivity contribution in [3.63, 3.8) is 0 Å². The van der Waals surface area contributed by atoms with E-state index < -0.39 is 29.3 Å². The molecule has 0 unspecified atom stereocenters. The number of amides is 3. The molecule has 0 heterocycles. The molecule has 0 N–H and O–H groups in total. The molecule has 1 aromatic rings. The van der Waals surface area contributed by atoms with Gasteiger partial charge in [-0.05, 0) is 47.1 Å². The Hall–Kier alpha value is -2.57. The molecule has 1 aromatic carbocycles. The summed E-state index contributed by atoms with van der Waals surface area (Å²) in [5.41, 5.74) is -0.932. The molecule has 0 aromatic heterocycles. The van der Waals surface area contributed by atoms with E-state index in [4.69, 9.17) is 9.47 Å². The lowest BCUT2D eigenvalue weighted by atomic mass is 10.2. The zero-order valence-corrected chi connectivity index (χ0v) is 16.5. The van der Waals surface area contributed by atoms with E-state index in [1.165, 1.54) is 6.92 Å². The van der Waals surface area contributed by atoms with E-state index in [9.17, 15) is 14.4 Å². The first-order valence-corrected chi connectivity index (χ1v) is 8.38.